The van der Waals surface area contributed by atoms with Gasteiger partial charge in [0.2, 0.25) is 0 Å². The molecular formula is H2CrCsO4. The molecule has 0 aromatic heterocycles. The van der Waals surface area contributed by atoms with E-state index in [1.165, 1.54) is 0 Å². The first-order valence-electron chi connectivity index (χ1n) is 0.698. The molecule has 0 bridgehead atoms. The molecule has 0 spiro atoms. The molecule has 1 radical (unpaired) electrons. The fourth-order valence-electron chi connectivity index (χ4n) is 0. The van der Waals surface area contributed by atoms with Crippen molar-refractivity contribution in [2.24, 2.45) is 0 Å². The monoisotopic (exact) mass is 251 g/mol. The second-order valence-electron chi connectivity index (χ2n) is 0.448. The molecule has 0 fully saturated rings. The molecule has 0 rings (SSSR count). The predicted molar refractivity (Wildman–Crippen MR) is 11.6 cm³/mol. The van der Waals surface area contributed by atoms with Crippen LogP contribution in [0.3, 0.4) is 0 Å². The van der Waals surface area contributed by atoms with Crippen molar-refractivity contribution in [2.45, 2.75) is 0 Å². The summed E-state index contributed by atoms with van der Waals surface area (Å²) in [6.07, 6.45) is 0. The van der Waals surface area contributed by atoms with Crippen LogP contribution in [0.15, 0.2) is 0 Å². The van der Waals surface area contributed by atoms with Crippen molar-refractivity contribution in [2.75, 3.05) is 0 Å². The van der Waals surface area contributed by atoms with E-state index < -0.39 is 13.6 Å². The Balaban J connectivity index is 0. The molecule has 33 valence electrons. The summed E-state index contributed by atoms with van der Waals surface area (Å²) in [7, 11) is 0. The van der Waals surface area contributed by atoms with Crippen LogP contribution in [0.25, 0.3) is 0 Å². The minimum atomic E-state index is -5.25. The van der Waals surface area contributed by atoms with E-state index in [-0.39, 0.29) is 68.9 Å². The van der Waals surface area contributed by atoms with Crippen molar-refractivity contribution in [1.82, 2.24) is 0 Å². The predicted octanol–water partition coefficient (Wildman–Crippen LogP) is -1.73. The van der Waals surface area contributed by atoms with Crippen LogP contribution in [0, 0.1) is 0 Å². The Morgan fingerprint density at radius 3 is 1.17 bits per heavy atom. The maximum absolute atomic E-state index is 8.82. The first-order valence-corrected chi connectivity index (χ1v) is 2.88. The van der Waals surface area contributed by atoms with Gasteiger partial charge in [0, 0.05) is 68.9 Å². The Labute approximate surface area is 95.7 Å². The normalized spacial score (nSPS) is 9.67. The van der Waals surface area contributed by atoms with Gasteiger partial charge in [0.15, 0.2) is 0 Å². The molecule has 0 heterocycles. The van der Waals surface area contributed by atoms with Gasteiger partial charge in [0.1, 0.15) is 0 Å². The minimum absolute atomic E-state index is 0. The van der Waals surface area contributed by atoms with Gasteiger partial charge in [-0.15, -0.1) is 0 Å². The molecule has 6 heavy (non-hydrogen) atoms. The van der Waals surface area contributed by atoms with E-state index in [1.807, 2.05) is 0 Å². The van der Waals surface area contributed by atoms with Crippen molar-refractivity contribution >= 4 is 68.9 Å². The van der Waals surface area contributed by atoms with Gasteiger partial charge in [-0.1, -0.05) is 0 Å². The fraction of sp³-hybridized carbons (Fsp3) is 0. The number of hydrogen-bond donors (Lipinski definition) is 2. The molecule has 0 atom stereocenters. The summed E-state index contributed by atoms with van der Waals surface area (Å²) in [6, 6.07) is 0. The summed E-state index contributed by atoms with van der Waals surface area (Å²) in [6.45, 7) is 0. The van der Waals surface area contributed by atoms with Gasteiger partial charge in [0.25, 0.3) is 0 Å². The summed E-state index contributed by atoms with van der Waals surface area (Å²) >= 11 is -5.25. The van der Waals surface area contributed by atoms with Crippen molar-refractivity contribution in [3.8, 4) is 0 Å². The van der Waals surface area contributed by atoms with Crippen LogP contribution in [-0.2, 0) is 21.2 Å². The summed E-state index contributed by atoms with van der Waals surface area (Å²) in [5.74, 6) is 0. The van der Waals surface area contributed by atoms with Crippen molar-refractivity contribution in [1.29, 1.82) is 0 Å². The Bertz CT molecular complexity index is 90.7. The van der Waals surface area contributed by atoms with Crippen LogP contribution < -0.4 is 0 Å². The molecule has 0 amide bonds. The van der Waals surface area contributed by atoms with Gasteiger partial charge < -0.3 is 0 Å². The summed E-state index contributed by atoms with van der Waals surface area (Å²) in [4.78, 5) is 0. The van der Waals surface area contributed by atoms with E-state index in [9.17, 15) is 0 Å². The molecule has 2 N–H and O–H groups in total. The third-order valence-corrected chi connectivity index (χ3v) is 0. The van der Waals surface area contributed by atoms with Gasteiger partial charge in [0.05, 0.1) is 0 Å². The molecule has 0 aromatic rings. The zero-order valence-electron chi connectivity index (χ0n) is 3.12. The van der Waals surface area contributed by atoms with Crippen LogP contribution in [0.5, 0.6) is 0 Å². The molecule has 0 aliphatic carbocycles. The van der Waals surface area contributed by atoms with Crippen molar-refractivity contribution < 1.29 is 29.5 Å². The van der Waals surface area contributed by atoms with E-state index in [0.717, 1.165) is 0 Å². The number of hydrogen-bond acceptors (Lipinski definition) is 2. The Hall–Kier alpha value is 2.10. The van der Waals surface area contributed by atoms with Crippen LogP contribution in [0.4, 0.5) is 0 Å². The van der Waals surface area contributed by atoms with Crippen LogP contribution >= 0.6 is 0 Å². The van der Waals surface area contributed by atoms with E-state index in [0.29, 0.717) is 0 Å². The van der Waals surface area contributed by atoms with Crippen LogP contribution in [-0.4, -0.2) is 77.2 Å². The van der Waals surface area contributed by atoms with Gasteiger partial charge in [-0.2, -0.15) is 0 Å². The first kappa shape index (κ1) is 11.0. The van der Waals surface area contributed by atoms with E-state index >= 15 is 0 Å². The third kappa shape index (κ3) is 35.9. The standard InChI is InChI=1S/Cr.Cs.2H2O.2O/h;;2*1H2;;/q+2;;;;;/p-2. The molecule has 0 aliphatic rings. The van der Waals surface area contributed by atoms with Crippen LogP contribution in [0.2, 0.25) is 0 Å². The summed E-state index contributed by atoms with van der Waals surface area (Å²) in [5, 5.41) is 0. The van der Waals surface area contributed by atoms with Gasteiger partial charge in [-0.25, -0.2) is 0 Å². The third-order valence-electron chi connectivity index (χ3n) is 0. The second-order valence-corrected chi connectivity index (χ2v) is 1.85. The van der Waals surface area contributed by atoms with Gasteiger partial charge in [-0.05, 0) is 0 Å². The number of rotatable bonds is 0. The molecular weight excluding hydrogens is 249 g/mol. The summed E-state index contributed by atoms with van der Waals surface area (Å²) in [5.41, 5.74) is 0. The fourth-order valence-corrected chi connectivity index (χ4v) is 0. The Kier molecular flexibility index (Phi) is 7.37. The second kappa shape index (κ2) is 4.03. The molecule has 0 aromatic carbocycles. The molecule has 0 saturated carbocycles. The van der Waals surface area contributed by atoms with Crippen molar-refractivity contribution in [3.05, 3.63) is 0 Å². The average Bonchev–Trinajstić information content (AvgIpc) is 0.722. The van der Waals surface area contributed by atoms with E-state index in [4.69, 9.17) is 15.9 Å². The SMILES string of the molecule is [Cs].[O]=[Cr](=[O])([OH])[OH]. The van der Waals surface area contributed by atoms with Gasteiger partial charge in [-0.3, -0.25) is 0 Å². The quantitative estimate of drug-likeness (QED) is 0.536. The molecule has 6 heteroatoms. The Morgan fingerprint density at radius 1 is 1.17 bits per heavy atom. The molecule has 0 unspecified atom stereocenters. The first-order chi connectivity index (χ1) is 2.00. The molecule has 4 nitrogen and oxygen atoms in total. The Morgan fingerprint density at radius 2 is 1.17 bits per heavy atom. The maximum atomic E-state index is 8.82. The zero-order chi connectivity index (χ0) is 4.50. The average molecular weight is 251 g/mol. The molecule has 0 aliphatic heterocycles. The van der Waals surface area contributed by atoms with Crippen molar-refractivity contribution in [3.63, 3.8) is 0 Å². The molecule has 0 saturated heterocycles. The van der Waals surface area contributed by atoms with E-state index in [1.54, 1.807) is 0 Å². The zero-order valence-corrected chi connectivity index (χ0v) is 10.7. The summed E-state index contributed by atoms with van der Waals surface area (Å²) < 4.78 is 31.9. The van der Waals surface area contributed by atoms with Crippen LogP contribution in [0.1, 0.15) is 0 Å². The van der Waals surface area contributed by atoms with E-state index in [2.05, 4.69) is 0 Å². The van der Waals surface area contributed by atoms with Gasteiger partial charge >= 0.3 is 29.5 Å². The topological polar surface area (TPSA) is 74.6 Å².